The summed E-state index contributed by atoms with van der Waals surface area (Å²) in [5.41, 5.74) is 6.01. The number of alkyl halides is 3. The van der Waals surface area contributed by atoms with Crippen molar-refractivity contribution in [3.63, 3.8) is 0 Å². The van der Waals surface area contributed by atoms with Gasteiger partial charge in [0, 0.05) is 11.6 Å². The van der Waals surface area contributed by atoms with Crippen LogP contribution in [0.4, 0.5) is 13.2 Å². The molecule has 1 rings (SSSR count). The topological polar surface area (TPSA) is 55.1 Å². The van der Waals surface area contributed by atoms with Gasteiger partial charge in [-0.2, -0.15) is 13.2 Å². The van der Waals surface area contributed by atoms with Crippen LogP contribution in [0.1, 0.15) is 11.1 Å². The normalized spacial score (nSPS) is 13.2. The Kier molecular flexibility index (Phi) is 4.98. The van der Waals surface area contributed by atoms with Gasteiger partial charge in [-0.05, 0) is 29.7 Å². The smallest absolute Gasteiger partial charge is 0.355 e. The van der Waals surface area contributed by atoms with Crippen molar-refractivity contribution in [3.8, 4) is 0 Å². The van der Waals surface area contributed by atoms with Crippen molar-refractivity contribution in [3.05, 3.63) is 34.3 Å². The van der Waals surface area contributed by atoms with Gasteiger partial charge in [0.05, 0.1) is 0 Å². The van der Waals surface area contributed by atoms with E-state index in [4.69, 9.17) is 17.3 Å². The Morgan fingerprint density at radius 2 is 2.06 bits per heavy atom. The third-order valence-corrected chi connectivity index (χ3v) is 2.64. The number of hydrogen-bond acceptors (Lipinski definition) is 2. The van der Waals surface area contributed by atoms with Gasteiger partial charge in [-0.1, -0.05) is 17.7 Å². The minimum absolute atomic E-state index is 0.115. The van der Waals surface area contributed by atoms with E-state index in [-0.39, 0.29) is 13.0 Å². The number of carbonyl (C=O) groups is 1. The van der Waals surface area contributed by atoms with Crippen LogP contribution in [0.15, 0.2) is 18.2 Å². The monoisotopic (exact) mass is 280 g/mol. The molecule has 1 atom stereocenters. The van der Waals surface area contributed by atoms with Crippen molar-refractivity contribution in [2.45, 2.75) is 25.2 Å². The zero-order chi connectivity index (χ0) is 13.8. The van der Waals surface area contributed by atoms with Crippen molar-refractivity contribution < 1.29 is 18.0 Å². The molecule has 0 aliphatic heterocycles. The van der Waals surface area contributed by atoms with E-state index in [0.717, 1.165) is 0 Å². The van der Waals surface area contributed by atoms with E-state index in [1.54, 1.807) is 0 Å². The van der Waals surface area contributed by atoms with E-state index in [1.807, 2.05) is 0 Å². The van der Waals surface area contributed by atoms with Crippen molar-refractivity contribution in [2.24, 2.45) is 5.73 Å². The van der Waals surface area contributed by atoms with Crippen molar-refractivity contribution in [1.82, 2.24) is 5.32 Å². The summed E-state index contributed by atoms with van der Waals surface area (Å²) >= 11 is 5.75. The van der Waals surface area contributed by atoms with E-state index in [1.165, 1.54) is 18.2 Å². The maximum Gasteiger partial charge on any atom is 0.403 e. The second kappa shape index (κ2) is 6.06. The van der Waals surface area contributed by atoms with Crippen LogP contribution in [0.25, 0.3) is 0 Å². The third kappa shape index (κ3) is 4.19. The molecule has 0 radical (unpaired) electrons. The van der Waals surface area contributed by atoms with Crippen LogP contribution in [0, 0.1) is 0 Å². The molecule has 0 aliphatic rings. The summed E-state index contributed by atoms with van der Waals surface area (Å²) in [4.78, 5) is 10.2. The minimum Gasteiger partial charge on any atom is -0.355 e. The molecule has 0 heterocycles. The average molecular weight is 281 g/mol. The summed E-state index contributed by atoms with van der Waals surface area (Å²) in [6.07, 6.45) is -4.33. The van der Waals surface area contributed by atoms with E-state index >= 15 is 0 Å². The molecule has 0 aliphatic carbocycles. The number of nitrogens with one attached hydrogen (secondary N) is 1. The quantitative estimate of drug-likeness (QED) is 0.811. The first-order valence-electron chi connectivity index (χ1n) is 5.11. The molecule has 18 heavy (non-hydrogen) atoms. The molecule has 0 saturated heterocycles. The fraction of sp³-hybridized carbons (Fsp3) is 0.364. The minimum atomic E-state index is -4.45. The lowest BCUT2D eigenvalue weighted by Crippen LogP contribution is -2.39. The van der Waals surface area contributed by atoms with Crippen LogP contribution in [0.3, 0.4) is 0 Å². The molecule has 1 aromatic rings. The molecular formula is C11H12ClF3N2O. The van der Waals surface area contributed by atoms with E-state index in [0.29, 0.717) is 22.6 Å². The second-order valence-corrected chi connectivity index (χ2v) is 4.20. The van der Waals surface area contributed by atoms with Crippen LogP contribution in [-0.4, -0.2) is 18.6 Å². The molecule has 0 aromatic heterocycles. The first-order chi connectivity index (χ1) is 8.34. The molecule has 3 N–H and O–H groups in total. The number of benzene rings is 1. The lowest BCUT2D eigenvalue weighted by molar-refractivity contribution is -0.147. The average Bonchev–Trinajstić information content (AvgIpc) is 2.28. The SMILES string of the molecule is NC(Cc1ccc(Cl)cc1CNC=O)C(F)(F)F. The van der Waals surface area contributed by atoms with E-state index in [9.17, 15) is 18.0 Å². The molecule has 0 spiro atoms. The highest BCUT2D eigenvalue weighted by Crippen LogP contribution is 2.24. The van der Waals surface area contributed by atoms with Gasteiger partial charge < -0.3 is 11.1 Å². The molecule has 0 bridgehead atoms. The predicted octanol–water partition coefficient (Wildman–Crippen LogP) is 2.02. The first-order valence-corrected chi connectivity index (χ1v) is 5.49. The Hall–Kier alpha value is -1.27. The Morgan fingerprint density at radius 3 is 2.61 bits per heavy atom. The largest absolute Gasteiger partial charge is 0.403 e. The fourth-order valence-electron chi connectivity index (χ4n) is 1.46. The fourth-order valence-corrected chi connectivity index (χ4v) is 1.66. The molecule has 1 amide bonds. The van der Waals surface area contributed by atoms with Gasteiger partial charge in [0.25, 0.3) is 0 Å². The Balaban J connectivity index is 2.90. The summed E-state index contributed by atoms with van der Waals surface area (Å²) in [6, 6.07) is 2.55. The van der Waals surface area contributed by atoms with E-state index < -0.39 is 12.2 Å². The maximum atomic E-state index is 12.4. The standard InChI is InChI=1S/C11H12ClF3N2O/c12-9-2-1-7(4-10(16)11(13,14)15)8(3-9)5-17-6-18/h1-3,6,10H,4-5,16H2,(H,17,18). The summed E-state index contributed by atoms with van der Waals surface area (Å²) in [7, 11) is 0. The highest BCUT2D eigenvalue weighted by molar-refractivity contribution is 6.30. The van der Waals surface area contributed by atoms with Crippen molar-refractivity contribution in [2.75, 3.05) is 0 Å². The van der Waals surface area contributed by atoms with E-state index in [2.05, 4.69) is 5.32 Å². The number of halogens is 4. The third-order valence-electron chi connectivity index (χ3n) is 2.40. The summed E-state index contributed by atoms with van der Waals surface area (Å²) in [6.45, 7) is 0.115. The highest BCUT2D eigenvalue weighted by Gasteiger charge is 2.36. The highest BCUT2D eigenvalue weighted by atomic mass is 35.5. The van der Waals surface area contributed by atoms with Gasteiger partial charge in [-0.25, -0.2) is 0 Å². The molecular weight excluding hydrogens is 269 g/mol. The number of nitrogens with two attached hydrogens (primary N) is 1. The van der Waals surface area contributed by atoms with Crippen LogP contribution >= 0.6 is 11.6 Å². The van der Waals surface area contributed by atoms with Crippen molar-refractivity contribution >= 4 is 18.0 Å². The number of carbonyl (C=O) groups excluding carboxylic acids is 1. The first kappa shape index (κ1) is 14.8. The van der Waals surface area contributed by atoms with Crippen LogP contribution in [0.2, 0.25) is 5.02 Å². The van der Waals surface area contributed by atoms with Gasteiger partial charge in [-0.3, -0.25) is 4.79 Å². The number of hydrogen-bond donors (Lipinski definition) is 2. The molecule has 0 fully saturated rings. The lowest BCUT2D eigenvalue weighted by atomic mass is 10.0. The van der Waals surface area contributed by atoms with Gasteiger partial charge in [0.1, 0.15) is 6.04 Å². The van der Waals surface area contributed by atoms with Crippen LogP contribution in [0.5, 0.6) is 0 Å². The molecule has 3 nitrogen and oxygen atoms in total. The van der Waals surface area contributed by atoms with Crippen molar-refractivity contribution in [1.29, 1.82) is 0 Å². The number of rotatable bonds is 5. The predicted molar refractivity (Wildman–Crippen MR) is 62.1 cm³/mol. The Morgan fingerprint density at radius 1 is 1.39 bits per heavy atom. The number of amides is 1. The zero-order valence-corrected chi connectivity index (χ0v) is 10.1. The molecule has 1 aromatic carbocycles. The molecule has 100 valence electrons. The Labute approximate surface area is 107 Å². The summed E-state index contributed by atoms with van der Waals surface area (Å²) < 4.78 is 37.1. The summed E-state index contributed by atoms with van der Waals surface area (Å²) in [5.74, 6) is 0. The zero-order valence-electron chi connectivity index (χ0n) is 9.30. The van der Waals surface area contributed by atoms with Gasteiger partial charge in [0.15, 0.2) is 0 Å². The van der Waals surface area contributed by atoms with Gasteiger partial charge in [0.2, 0.25) is 6.41 Å². The van der Waals surface area contributed by atoms with Crippen LogP contribution in [-0.2, 0) is 17.8 Å². The second-order valence-electron chi connectivity index (χ2n) is 3.76. The molecule has 0 saturated carbocycles. The van der Waals surface area contributed by atoms with Gasteiger partial charge in [-0.15, -0.1) is 0 Å². The Bertz CT molecular complexity index is 423. The molecule has 7 heteroatoms. The molecule has 1 unspecified atom stereocenters. The van der Waals surface area contributed by atoms with Gasteiger partial charge >= 0.3 is 6.18 Å². The van der Waals surface area contributed by atoms with Crippen LogP contribution < -0.4 is 11.1 Å². The maximum absolute atomic E-state index is 12.4. The summed E-state index contributed by atoms with van der Waals surface area (Å²) in [5, 5.41) is 2.77. The lowest BCUT2D eigenvalue weighted by Gasteiger charge is -2.17.